The molecule has 1 aromatic heterocycles. The SMILES string of the molecule is COC(=O)N1CCc2ccc3c(nc([C@H]4CC[C@H](C(=O)O)CC4)n3[C@H](C)Cc3cccc(F)c3F)c2C1. The number of amides is 1. The summed E-state index contributed by atoms with van der Waals surface area (Å²) in [6.07, 6.45) is 3.11. The number of carbonyl (C=O) groups excluding carboxylic acids is 1. The number of benzene rings is 2. The average molecular weight is 512 g/mol. The van der Waals surface area contributed by atoms with E-state index in [1.54, 1.807) is 11.0 Å². The number of rotatable bonds is 5. The summed E-state index contributed by atoms with van der Waals surface area (Å²) in [5.41, 5.74) is 4.07. The Kier molecular flexibility index (Phi) is 6.88. The molecule has 1 amide bonds. The highest BCUT2D eigenvalue weighted by atomic mass is 19.2. The van der Waals surface area contributed by atoms with Gasteiger partial charge in [0.15, 0.2) is 11.6 Å². The number of nitrogens with zero attached hydrogens (tertiary/aromatic N) is 3. The molecule has 2 aromatic carbocycles. The maximum absolute atomic E-state index is 14.6. The van der Waals surface area contributed by atoms with Gasteiger partial charge in [-0.25, -0.2) is 18.6 Å². The van der Waals surface area contributed by atoms with E-state index in [1.807, 2.05) is 13.0 Å². The highest BCUT2D eigenvalue weighted by Crippen LogP contribution is 2.40. The van der Waals surface area contributed by atoms with Gasteiger partial charge in [0.2, 0.25) is 0 Å². The fourth-order valence-electron chi connectivity index (χ4n) is 5.96. The van der Waals surface area contributed by atoms with Gasteiger partial charge in [-0.1, -0.05) is 18.2 Å². The fourth-order valence-corrected chi connectivity index (χ4v) is 5.96. The van der Waals surface area contributed by atoms with Crippen molar-refractivity contribution in [3.8, 4) is 0 Å². The summed E-state index contributed by atoms with van der Waals surface area (Å²) in [4.78, 5) is 30.5. The van der Waals surface area contributed by atoms with E-state index in [9.17, 15) is 23.5 Å². The molecule has 0 bridgehead atoms. The summed E-state index contributed by atoms with van der Waals surface area (Å²) < 4.78 is 35.6. The number of hydrogen-bond acceptors (Lipinski definition) is 4. The maximum atomic E-state index is 14.6. The van der Waals surface area contributed by atoms with E-state index in [0.717, 1.165) is 34.1 Å². The molecular weight excluding hydrogens is 480 g/mol. The second kappa shape index (κ2) is 10.1. The molecule has 5 rings (SSSR count). The summed E-state index contributed by atoms with van der Waals surface area (Å²) in [5, 5.41) is 9.46. The lowest BCUT2D eigenvalue weighted by atomic mass is 9.81. The van der Waals surface area contributed by atoms with Crippen LogP contribution in [0, 0.1) is 17.6 Å². The van der Waals surface area contributed by atoms with Crippen molar-refractivity contribution in [2.45, 2.75) is 64.0 Å². The largest absolute Gasteiger partial charge is 0.481 e. The van der Waals surface area contributed by atoms with E-state index in [1.165, 1.54) is 13.2 Å². The molecule has 1 saturated carbocycles. The summed E-state index contributed by atoms with van der Waals surface area (Å²) >= 11 is 0. The standard InChI is InChI=1S/C28H31F2N3O4/c1-16(14-20-4-3-5-22(29)24(20)30)33-23-11-10-17-12-13-32(28(36)37-2)15-21(17)25(23)31-26(33)18-6-8-19(9-7-18)27(34)35/h3-5,10-11,16,18-19H,6-9,12-15H2,1-2H3,(H,34,35)/t16-,18-,19-/m1/s1. The Hall–Kier alpha value is -3.49. The monoisotopic (exact) mass is 511 g/mol. The Morgan fingerprint density at radius 1 is 1.16 bits per heavy atom. The summed E-state index contributed by atoms with van der Waals surface area (Å²) in [5.74, 6) is -1.93. The van der Waals surface area contributed by atoms with Gasteiger partial charge in [-0.05, 0) is 68.7 Å². The smallest absolute Gasteiger partial charge is 0.409 e. The molecule has 0 unspecified atom stereocenters. The van der Waals surface area contributed by atoms with Crippen molar-refractivity contribution in [2.75, 3.05) is 13.7 Å². The molecule has 1 fully saturated rings. The van der Waals surface area contributed by atoms with Crippen LogP contribution in [0.25, 0.3) is 11.0 Å². The first-order chi connectivity index (χ1) is 17.8. The number of hydrogen-bond donors (Lipinski definition) is 1. The van der Waals surface area contributed by atoms with Crippen molar-refractivity contribution < 1.29 is 28.2 Å². The number of ether oxygens (including phenoxy) is 1. The van der Waals surface area contributed by atoms with Gasteiger partial charge in [0.1, 0.15) is 5.82 Å². The van der Waals surface area contributed by atoms with Crippen molar-refractivity contribution in [2.24, 2.45) is 5.92 Å². The molecule has 1 aliphatic heterocycles. The zero-order valence-electron chi connectivity index (χ0n) is 21.0. The van der Waals surface area contributed by atoms with Crippen LogP contribution in [-0.4, -0.2) is 45.3 Å². The minimum atomic E-state index is -0.871. The van der Waals surface area contributed by atoms with Crippen LogP contribution < -0.4 is 0 Å². The summed E-state index contributed by atoms with van der Waals surface area (Å²) in [6.45, 7) is 2.92. The first-order valence-corrected chi connectivity index (χ1v) is 12.8. The zero-order chi connectivity index (χ0) is 26.3. The van der Waals surface area contributed by atoms with Crippen LogP contribution in [0.1, 0.15) is 67.1 Å². The quantitative estimate of drug-likeness (QED) is 0.482. The predicted octanol–water partition coefficient (Wildman–Crippen LogP) is 5.60. The second-order valence-corrected chi connectivity index (χ2v) is 10.2. The summed E-state index contributed by atoms with van der Waals surface area (Å²) in [6, 6.07) is 8.08. The topological polar surface area (TPSA) is 84.7 Å². The van der Waals surface area contributed by atoms with Crippen LogP contribution in [0.4, 0.5) is 13.6 Å². The normalized spacial score (nSPS) is 20.5. The van der Waals surface area contributed by atoms with Crippen LogP contribution in [-0.2, 0) is 28.9 Å². The molecule has 1 aliphatic carbocycles. The lowest BCUT2D eigenvalue weighted by molar-refractivity contribution is -0.142. The molecular formula is C28H31F2N3O4. The number of methoxy groups -OCH3 is 1. The highest BCUT2D eigenvalue weighted by molar-refractivity contribution is 5.82. The predicted molar refractivity (Wildman–Crippen MR) is 133 cm³/mol. The molecule has 1 N–H and O–H groups in total. The van der Waals surface area contributed by atoms with Crippen molar-refractivity contribution in [1.82, 2.24) is 14.5 Å². The third kappa shape index (κ3) is 4.67. The minimum absolute atomic E-state index is 0.0544. The van der Waals surface area contributed by atoms with Crippen LogP contribution in [0.2, 0.25) is 0 Å². The first-order valence-electron chi connectivity index (χ1n) is 12.8. The molecule has 9 heteroatoms. The van der Waals surface area contributed by atoms with E-state index >= 15 is 0 Å². The average Bonchev–Trinajstić information content (AvgIpc) is 3.31. The van der Waals surface area contributed by atoms with Gasteiger partial charge in [-0.15, -0.1) is 0 Å². The number of fused-ring (bicyclic) bond motifs is 3. The number of aromatic nitrogens is 2. The van der Waals surface area contributed by atoms with Gasteiger partial charge in [-0.2, -0.15) is 0 Å². The number of carboxylic acid groups (broad SMARTS) is 1. The molecule has 2 heterocycles. The first kappa shape index (κ1) is 25.2. The molecule has 0 radical (unpaired) electrons. The van der Waals surface area contributed by atoms with E-state index in [4.69, 9.17) is 9.72 Å². The van der Waals surface area contributed by atoms with E-state index in [2.05, 4.69) is 10.6 Å². The third-order valence-electron chi connectivity index (χ3n) is 7.95. The minimum Gasteiger partial charge on any atom is -0.481 e. The number of aliphatic carboxylic acids is 1. The molecule has 196 valence electrons. The molecule has 2 aliphatic rings. The van der Waals surface area contributed by atoms with Gasteiger partial charge in [-0.3, -0.25) is 4.79 Å². The second-order valence-electron chi connectivity index (χ2n) is 10.2. The molecule has 1 atom stereocenters. The Morgan fingerprint density at radius 3 is 2.62 bits per heavy atom. The van der Waals surface area contributed by atoms with Crippen LogP contribution in [0.15, 0.2) is 30.3 Å². The number of imidazole rings is 1. The molecule has 0 saturated heterocycles. The Labute approximate surface area is 214 Å². The Morgan fingerprint density at radius 2 is 1.92 bits per heavy atom. The van der Waals surface area contributed by atoms with Gasteiger partial charge in [0.05, 0.1) is 30.6 Å². The van der Waals surface area contributed by atoms with Crippen molar-refractivity contribution >= 4 is 23.1 Å². The van der Waals surface area contributed by atoms with E-state index < -0.39 is 17.6 Å². The van der Waals surface area contributed by atoms with Crippen LogP contribution in [0.3, 0.4) is 0 Å². The van der Waals surface area contributed by atoms with Crippen molar-refractivity contribution in [3.05, 3.63) is 64.5 Å². The molecule has 0 spiro atoms. The van der Waals surface area contributed by atoms with Gasteiger partial charge in [0.25, 0.3) is 0 Å². The summed E-state index contributed by atoms with van der Waals surface area (Å²) in [7, 11) is 1.37. The maximum Gasteiger partial charge on any atom is 0.409 e. The lowest BCUT2D eigenvalue weighted by Crippen LogP contribution is -2.35. The van der Waals surface area contributed by atoms with E-state index in [-0.39, 0.29) is 30.4 Å². The van der Waals surface area contributed by atoms with Crippen molar-refractivity contribution in [3.63, 3.8) is 0 Å². The number of halogens is 2. The van der Waals surface area contributed by atoms with Gasteiger partial charge >= 0.3 is 12.1 Å². The van der Waals surface area contributed by atoms with Gasteiger partial charge < -0.3 is 19.3 Å². The number of carboxylic acids is 1. The zero-order valence-corrected chi connectivity index (χ0v) is 21.0. The Bertz CT molecular complexity index is 1350. The van der Waals surface area contributed by atoms with Crippen LogP contribution in [0.5, 0.6) is 0 Å². The highest BCUT2D eigenvalue weighted by Gasteiger charge is 2.32. The fraction of sp³-hybridized carbons (Fsp3) is 0.464. The van der Waals surface area contributed by atoms with Crippen molar-refractivity contribution in [1.29, 1.82) is 0 Å². The Balaban J connectivity index is 1.58. The molecule has 37 heavy (non-hydrogen) atoms. The third-order valence-corrected chi connectivity index (χ3v) is 7.95. The van der Waals surface area contributed by atoms with Gasteiger partial charge in [0, 0.05) is 24.1 Å². The number of carbonyl (C=O) groups is 2. The molecule has 3 aromatic rings. The van der Waals surface area contributed by atoms with E-state index in [0.29, 0.717) is 50.8 Å². The lowest BCUT2D eigenvalue weighted by Gasteiger charge is -2.28. The molecule has 7 nitrogen and oxygen atoms in total. The van der Waals surface area contributed by atoms with Crippen LogP contribution >= 0.6 is 0 Å².